The van der Waals surface area contributed by atoms with Crippen LogP contribution in [0.5, 0.6) is 0 Å². The predicted molar refractivity (Wildman–Crippen MR) is 133 cm³/mol. The SMILES string of the molecule is Cc1cc(-c2ccnc3cnc(-c4nc(-c5cc(C(N)=O)ccc5F)ccc4N)cc23)cc(N)n1. The van der Waals surface area contributed by atoms with E-state index in [1.54, 1.807) is 30.6 Å². The molecule has 0 atom stereocenters. The van der Waals surface area contributed by atoms with Gasteiger partial charge >= 0.3 is 0 Å². The Morgan fingerprint density at radius 2 is 1.71 bits per heavy atom. The maximum absolute atomic E-state index is 14.6. The first-order valence-corrected chi connectivity index (χ1v) is 10.7. The van der Waals surface area contributed by atoms with Gasteiger partial charge in [-0.1, -0.05) is 0 Å². The largest absolute Gasteiger partial charge is 0.397 e. The number of rotatable bonds is 4. The number of nitrogens with two attached hydrogens (primary N) is 3. The third-order valence-corrected chi connectivity index (χ3v) is 5.61. The number of hydrogen-bond acceptors (Lipinski definition) is 7. The molecule has 0 spiro atoms. The molecular weight excluding hydrogens is 445 g/mol. The lowest BCUT2D eigenvalue weighted by Gasteiger charge is -2.12. The van der Waals surface area contributed by atoms with Crippen molar-refractivity contribution in [3.05, 3.63) is 84.1 Å². The van der Waals surface area contributed by atoms with E-state index in [1.807, 2.05) is 25.1 Å². The Bertz CT molecular complexity index is 1610. The van der Waals surface area contributed by atoms with Gasteiger partial charge in [0, 0.05) is 28.4 Å². The van der Waals surface area contributed by atoms with Gasteiger partial charge in [-0.25, -0.2) is 14.4 Å². The Hall–Kier alpha value is -4.92. The number of fused-ring (bicyclic) bond motifs is 1. The number of nitrogen functional groups attached to an aromatic ring is 2. The second kappa shape index (κ2) is 8.45. The van der Waals surface area contributed by atoms with Gasteiger partial charge in [-0.05, 0) is 72.6 Å². The molecule has 1 amide bonds. The maximum Gasteiger partial charge on any atom is 0.248 e. The van der Waals surface area contributed by atoms with Crippen LogP contribution in [0.4, 0.5) is 15.9 Å². The third-order valence-electron chi connectivity index (χ3n) is 5.61. The number of carbonyl (C=O) groups is 1. The molecule has 4 heterocycles. The van der Waals surface area contributed by atoms with Crippen molar-refractivity contribution in [3.63, 3.8) is 0 Å². The number of aromatic nitrogens is 4. The summed E-state index contributed by atoms with van der Waals surface area (Å²) in [6.45, 7) is 1.87. The summed E-state index contributed by atoms with van der Waals surface area (Å²) in [6.07, 6.45) is 3.33. The van der Waals surface area contributed by atoms with Crippen molar-refractivity contribution in [2.24, 2.45) is 5.73 Å². The zero-order chi connectivity index (χ0) is 24.7. The Morgan fingerprint density at radius 1 is 0.886 bits per heavy atom. The van der Waals surface area contributed by atoms with Crippen LogP contribution in [0.3, 0.4) is 0 Å². The molecule has 0 saturated heterocycles. The second-order valence-corrected chi connectivity index (χ2v) is 8.06. The topological polar surface area (TPSA) is 147 Å². The summed E-state index contributed by atoms with van der Waals surface area (Å²) >= 11 is 0. The normalized spacial score (nSPS) is 11.0. The van der Waals surface area contributed by atoms with Gasteiger partial charge in [-0.2, -0.15) is 0 Å². The van der Waals surface area contributed by atoms with Crippen molar-refractivity contribution < 1.29 is 9.18 Å². The molecule has 8 nitrogen and oxygen atoms in total. The van der Waals surface area contributed by atoms with Gasteiger partial charge in [-0.15, -0.1) is 0 Å². The molecule has 4 aromatic heterocycles. The number of hydrogen-bond donors (Lipinski definition) is 3. The van der Waals surface area contributed by atoms with Gasteiger partial charge in [0.1, 0.15) is 17.3 Å². The van der Waals surface area contributed by atoms with Gasteiger partial charge in [0.15, 0.2) is 0 Å². The number of carbonyl (C=O) groups excluding carboxylic acids is 1. The van der Waals surface area contributed by atoms with Crippen LogP contribution >= 0.6 is 0 Å². The molecule has 0 unspecified atom stereocenters. The molecular formula is C26H20FN7O. The molecule has 5 aromatic rings. The van der Waals surface area contributed by atoms with Gasteiger partial charge in [0.2, 0.25) is 5.91 Å². The summed E-state index contributed by atoms with van der Waals surface area (Å²) in [5, 5.41) is 0.816. The molecule has 172 valence electrons. The highest BCUT2D eigenvalue weighted by Crippen LogP contribution is 2.33. The molecule has 0 bridgehead atoms. The second-order valence-electron chi connectivity index (χ2n) is 8.06. The monoisotopic (exact) mass is 465 g/mol. The number of amides is 1. The molecule has 9 heteroatoms. The lowest BCUT2D eigenvalue weighted by Crippen LogP contribution is -2.11. The zero-order valence-electron chi connectivity index (χ0n) is 18.7. The van der Waals surface area contributed by atoms with Crippen LogP contribution in [0.2, 0.25) is 0 Å². The molecule has 5 rings (SSSR count). The van der Waals surface area contributed by atoms with Gasteiger partial charge in [0.05, 0.1) is 28.8 Å². The van der Waals surface area contributed by atoms with E-state index in [9.17, 15) is 9.18 Å². The van der Waals surface area contributed by atoms with Crippen LogP contribution in [-0.4, -0.2) is 25.8 Å². The fraction of sp³-hybridized carbons (Fsp3) is 0.0385. The lowest BCUT2D eigenvalue weighted by molar-refractivity contribution is 0.100. The van der Waals surface area contributed by atoms with E-state index in [2.05, 4.69) is 19.9 Å². The first-order valence-electron chi connectivity index (χ1n) is 10.7. The Labute approximate surface area is 199 Å². The van der Waals surface area contributed by atoms with Gasteiger partial charge < -0.3 is 17.2 Å². The van der Waals surface area contributed by atoms with Crippen molar-refractivity contribution in [1.82, 2.24) is 19.9 Å². The molecule has 0 saturated carbocycles. The first kappa shape index (κ1) is 21.9. The average Bonchev–Trinajstić information content (AvgIpc) is 2.83. The number of aryl methyl sites for hydroxylation is 1. The van der Waals surface area contributed by atoms with E-state index in [1.165, 1.54) is 18.2 Å². The van der Waals surface area contributed by atoms with E-state index in [0.29, 0.717) is 34.1 Å². The highest BCUT2D eigenvalue weighted by atomic mass is 19.1. The fourth-order valence-electron chi connectivity index (χ4n) is 3.98. The van der Waals surface area contributed by atoms with E-state index < -0.39 is 11.7 Å². The van der Waals surface area contributed by atoms with Gasteiger partial charge in [0.25, 0.3) is 0 Å². The molecule has 0 aliphatic heterocycles. The molecule has 0 aliphatic rings. The summed E-state index contributed by atoms with van der Waals surface area (Å²) in [7, 11) is 0. The summed E-state index contributed by atoms with van der Waals surface area (Å²) in [5.41, 5.74) is 22.6. The fourth-order valence-corrected chi connectivity index (χ4v) is 3.98. The van der Waals surface area contributed by atoms with E-state index in [4.69, 9.17) is 17.2 Å². The van der Waals surface area contributed by atoms with Crippen LogP contribution < -0.4 is 17.2 Å². The molecule has 1 aromatic carbocycles. The van der Waals surface area contributed by atoms with Crippen molar-refractivity contribution in [2.75, 3.05) is 11.5 Å². The van der Waals surface area contributed by atoms with E-state index >= 15 is 0 Å². The van der Waals surface area contributed by atoms with Crippen molar-refractivity contribution >= 4 is 28.3 Å². The van der Waals surface area contributed by atoms with Crippen LogP contribution in [0.25, 0.3) is 44.7 Å². The average molecular weight is 465 g/mol. The van der Waals surface area contributed by atoms with Crippen molar-refractivity contribution in [1.29, 1.82) is 0 Å². The Kier molecular flexibility index (Phi) is 5.29. The maximum atomic E-state index is 14.6. The van der Waals surface area contributed by atoms with Crippen LogP contribution in [-0.2, 0) is 0 Å². The van der Waals surface area contributed by atoms with Crippen LogP contribution in [0, 0.1) is 12.7 Å². The minimum absolute atomic E-state index is 0.133. The quantitative estimate of drug-likeness (QED) is 0.361. The van der Waals surface area contributed by atoms with Crippen LogP contribution in [0.15, 0.2) is 67.0 Å². The predicted octanol–water partition coefficient (Wildman–Crippen LogP) is 4.13. The first-order chi connectivity index (χ1) is 16.8. The number of benzene rings is 1. The zero-order valence-corrected chi connectivity index (χ0v) is 18.7. The summed E-state index contributed by atoms with van der Waals surface area (Å²) in [5.74, 6) is -0.787. The lowest BCUT2D eigenvalue weighted by atomic mass is 10.0. The molecule has 6 N–H and O–H groups in total. The number of pyridine rings is 4. The molecule has 0 radical (unpaired) electrons. The summed E-state index contributed by atoms with van der Waals surface area (Å²) in [6, 6.07) is 14.5. The minimum Gasteiger partial charge on any atom is -0.397 e. The van der Waals surface area contributed by atoms with Crippen molar-refractivity contribution in [3.8, 4) is 33.8 Å². The molecule has 0 aliphatic carbocycles. The standard InChI is InChI=1S/C26H20FN7O/c1-13-8-15(10-24(29)33-13)16-6-7-31-23-12-32-22(11-17(16)23)25-20(28)4-5-21(34-25)18-9-14(26(30)35)2-3-19(18)27/h2-12H,28H2,1H3,(H2,29,33)(H2,30,35). The third kappa shape index (κ3) is 4.10. The summed E-state index contributed by atoms with van der Waals surface area (Å²) in [4.78, 5) is 29.3. The molecule has 0 fully saturated rings. The Balaban J connectivity index is 1.68. The number of nitrogens with zero attached hydrogens (tertiary/aromatic N) is 4. The smallest absolute Gasteiger partial charge is 0.248 e. The van der Waals surface area contributed by atoms with Crippen LogP contribution in [0.1, 0.15) is 16.1 Å². The highest BCUT2D eigenvalue weighted by molar-refractivity contribution is 5.97. The van der Waals surface area contributed by atoms with E-state index in [-0.39, 0.29) is 11.1 Å². The van der Waals surface area contributed by atoms with E-state index in [0.717, 1.165) is 22.2 Å². The van der Waals surface area contributed by atoms with Crippen molar-refractivity contribution in [2.45, 2.75) is 6.92 Å². The number of primary amides is 1. The van der Waals surface area contributed by atoms with Gasteiger partial charge in [-0.3, -0.25) is 14.8 Å². The minimum atomic E-state index is -0.662. The number of anilines is 2. The Morgan fingerprint density at radius 3 is 2.49 bits per heavy atom. The summed E-state index contributed by atoms with van der Waals surface area (Å²) < 4.78 is 14.6. The highest BCUT2D eigenvalue weighted by Gasteiger charge is 2.15. The molecule has 35 heavy (non-hydrogen) atoms. The number of halogens is 1.